The molecule has 2 rings (SSSR count). The molecule has 0 fully saturated rings. The van der Waals surface area contributed by atoms with Crippen molar-refractivity contribution in [3.63, 3.8) is 0 Å². The van der Waals surface area contributed by atoms with Gasteiger partial charge in [0.1, 0.15) is 66.5 Å². The molecule has 0 heterocycles. The van der Waals surface area contributed by atoms with Crippen molar-refractivity contribution in [2.24, 2.45) is 17.6 Å². The minimum atomic E-state index is -1.83. The van der Waals surface area contributed by atoms with Crippen LogP contribution in [-0.2, 0) is 92.7 Å². The molecule has 14 amide bonds. The molecule has 21 N–H and O–H groups in total. The van der Waals surface area contributed by atoms with Gasteiger partial charge in [0.15, 0.2) is 0 Å². The van der Waals surface area contributed by atoms with E-state index in [1.165, 1.54) is 27.7 Å². The maximum atomic E-state index is 14.4. The number of halogens is 1. The molecular formula is C68H97BrN14O25. The molecule has 40 heteroatoms. The molecule has 0 saturated heterocycles. The first-order chi connectivity index (χ1) is 50.6. The molecule has 0 saturated carbocycles. The van der Waals surface area contributed by atoms with Gasteiger partial charge >= 0.3 is 29.8 Å². The van der Waals surface area contributed by atoms with E-state index in [4.69, 9.17) is 10.8 Å². The van der Waals surface area contributed by atoms with Crippen LogP contribution in [0.3, 0.4) is 0 Å². The zero-order valence-electron chi connectivity index (χ0n) is 60.5. The third-order valence-electron chi connectivity index (χ3n) is 16.4. The minimum absolute atomic E-state index is 0.116. The molecule has 0 radical (unpaired) electrons. The van der Waals surface area contributed by atoms with Crippen molar-refractivity contribution in [2.75, 3.05) is 13.1 Å². The normalized spacial score (nSPS) is 14.5. The molecule has 0 spiro atoms. The fraction of sp³-hybridized carbons (Fsp3) is 0.544. The molecule has 0 aliphatic heterocycles. The van der Waals surface area contributed by atoms with Crippen LogP contribution in [0.1, 0.15) is 148 Å². The number of primary amides is 1. The lowest BCUT2D eigenvalue weighted by molar-refractivity contribution is -0.144. The highest BCUT2D eigenvalue weighted by atomic mass is 79.9. The van der Waals surface area contributed by atoms with E-state index in [9.17, 15) is 117 Å². The first-order valence-corrected chi connectivity index (χ1v) is 35.1. The molecular weight excluding hydrogens is 1490 g/mol. The highest BCUT2D eigenvalue weighted by molar-refractivity contribution is 9.10. The number of nitrogens with two attached hydrogens (primary N) is 1. The van der Waals surface area contributed by atoms with Crippen LogP contribution in [0, 0.1) is 11.8 Å². The lowest BCUT2D eigenvalue weighted by Crippen LogP contribution is -2.61. The first kappa shape index (κ1) is 92.9. The maximum absolute atomic E-state index is 14.4. The molecule has 0 aliphatic rings. The Balaban J connectivity index is 2.38. The number of aliphatic carboxylic acids is 5. The monoisotopic (exact) mass is 1590 g/mol. The summed E-state index contributed by atoms with van der Waals surface area (Å²) in [4.78, 5) is 247. The zero-order valence-corrected chi connectivity index (χ0v) is 62.1. The number of aliphatic hydroxyl groups excluding tert-OH is 1. The average molecular weight is 1590 g/mol. The molecule has 2 aromatic rings. The van der Waals surface area contributed by atoms with Crippen molar-refractivity contribution < 1.29 is 122 Å². The maximum Gasteiger partial charge on any atom is 0.326 e. The average Bonchev–Trinajstić information content (AvgIpc) is 0.853. The second-order valence-electron chi connectivity index (χ2n) is 25.6. The smallest absolute Gasteiger partial charge is 0.326 e. The molecule has 0 bridgehead atoms. The Hall–Kier alpha value is -11.2. The first-order valence-electron chi connectivity index (χ1n) is 34.4. The molecule has 13 atom stereocenters. The summed E-state index contributed by atoms with van der Waals surface area (Å²) in [6.45, 7) is 8.58. The number of hydrogen-bond acceptors (Lipinski definition) is 20. The Morgan fingerprint density at radius 2 is 0.880 bits per heavy atom. The molecule has 108 heavy (non-hydrogen) atoms. The SMILES string of the molecule is CC[C@H](C)[C@H](NC(=O)[C@@H](NC(=O)[C@H](C)NC(=O)[C@H](CCCCNC(=O)c1ccc(Br)cc1)NC(=O)[C@H](CC(=O)O)NC(C)=O)[C@@H](C)O)C(=O)NCC(=O)N[C@@H](Cc1ccccc1)C(=O)N[C@@H](CCC(=O)O)C(=O)N[C@H](C(=O)N[C@@H](CCC(N)=O)C(=O)N[C@@H](CCC(=O)O)C(=O)N[C@@H](CCC(=O)O)C(=O)O)C(C)C. The second-order valence-corrected chi connectivity index (χ2v) is 26.6. The summed E-state index contributed by atoms with van der Waals surface area (Å²) in [6.07, 6.45) is -7.80. The highest BCUT2D eigenvalue weighted by Gasteiger charge is 2.38. The van der Waals surface area contributed by atoms with Crippen LogP contribution in [0.4, 0.5) is 0 Å². The van der Waals surface area contributed by atoms with Gasteiger partial charge in [0.2, 0.25) is 76.8 Å². The Morgan fingerprint density at radius 3 is 1.36 bits per heavy atom. The summed E-state index contributed by atoms with van der Waals surface area (Å²) in [6, 6.07) is -4.08. The largest absolute Gasteiger partial charge is 0.481 e. The van der Waals surface area contributed by atoms with Gasteiger partial charge < -0.3 is 105 Å². The van der Waals surface area contributed by atoms with E-state index in [1.807, 2.05) is 5.32 Å². The summed E-state index contributed by atoms with van der Waals surface area (Å²) in [5.74, 6) is -23.5. The Kier molecular flexibility index (Phi) is 40.8. The van der Waals surface area contributed by atoms with E-state index in [0.717, 1.165) is 18.3 Å². The topological polar surface area (TPSA) is 628 Å². The molecule has 0 aromatic heterocycles. The fourth-order valence-electron chi connectivity index (χ4n) is 10.2. The molecule has 39 nitrogen and oxygen atoms in total. The third-order valence-corrected chi connectivity index (χ3v) is 16.9. The Morgan fingerprint density at radius 1 is 0.435 bits per heavy atom. The van der Waals surface area contributed by atoms with E-state index in [-0.39, 0.29) is 38.6 Å². The van der Waals surface area contributed by atoms with Crippen molar-refractivity contribution in [3.05, 3.63) is 70.2 Å². The summed E-state index contributed by atoms with van der Waals surface area (Å²) < 4.78 is 0.743. The quantitative estimate of drug-likeness (QED) is 0.0287. The van der Waals surface area contributed by atoms with Crippen LogP contribution in [0.25, 0.3) is 0 Å². The van der Waals surface area contributed by atoms with Gasteiger partial charge in [0.25, 0.3) is 5.91 Å². The predicted molar refractivity (Wildman–Crippen MR) is 381 cm³/mol. The third kappa shape index (κ3) is 35.3. The standard InChI is InChI=1S/C68H97BrN14O25/c1-8-34(4)55(82-67(106)56(36(6)84)83-57(96)35(5)73-59(98)41(76-64(103)47(31-53(94)95)74-37(7)85)16-12-13-29-71-58(97)39-17-19-40(69)20-18-39)65(104)72-32-49(87)75-46(30-38-14-10-9-11-15-38)63(102)78-44(23-27-51(90)91)62(101)81-54(33(2)3)66(105)79-42(21-25-48(70)86)60(99)77-43(22-26-50(88)89)61(100)80-45(68(107)108)24-28-52(92)93/h9-11,14-15,17-20,33-36,41-47,54-56,84H,8,12-13,16,21-32H2,1-7H3,(H2,70,86)(H,71,97)(H,72,104)(H,73,98)(H,74,85)(H,75,87)(H,76,103)(H,77,99)(H,78,102)(H,79,105)(H,80,100)(H,81,101)(H,82,106)(H,83,96)(H,88,89)(H,90,91)(H,92,93)(H,94,95)(H,107,108)/t34-,35-,36+,41-,42-,43-,44-,45-,46-,47-,54-,55-,56-/m0/s1. The fourth-order valence-corrected chi connectivity index (χ4v) is 10.4. The van der Waals surface area contributed by atoms with Crippen LogP contribution in [0.2, 0.25) is 0 Å². The molecule has 2 aromatic carbocycles. The van der Waals surface area contributed by atoms with Crippen LogP contribution < -0.4 is 74.9 Å². The minimum Gasteiger partial charge on any atom is -0.481 e. The van der Waals surface area contributed by atoms with Gasteiger partial charge in [0.05, 0.1) is 19.1 Å². The summed E-state index contributed by atoms with van der Waals surface area (Å²) in [5, 5.41) is 88.7. The van der Waals surface area contributed by atoms with E-state index in [0.29, 0.717) is 11.1 Å². The number of carbonyl (C=O) groups excluding carboxylic acids is 14. The zero-order chi connectivity index (χ0) is 81.7. The van der Waals surface area contributed by atoms with Crippen molar-refractivity contribution in [1.29, 1.82) is 0 Å². The number of nitrogens with one attached hydrogen (secondary N) is 13. The lowest BCUT2D eigenvalue weighted by atomic mass is 9.97. The van der Waals surface area contributed by atoms with Gasteiger partial charge in [-0.1, -0.05) is 80.4 Å². The number of aliphatic hydroxyl groups is 1. The van der Waals surface area contributed by atoms with E-state index >= 15 is 0 Å². The van der Waals surface area contributed by atoms with Gasteiger partial charge in [-0.3, -0.25) is 86.3 Å². The number of carbonyl (C=O) groups is 19. The number of amides is 14. The number of rotatable bonds is 50. The number of carboxylic acids is 5. The van der Waals surface area contributed by atoms with Crippen molar-refractivity contribution in [1.82, 2.24) is 69.1 Å². The van der Waals surface area contributed by atoms with E-state index in [2.05, 4.69) is 79.7 Å². The van der Waals surface area contributed by atoms with Gasteiger partial charge in [-0.15, -0.1) is 0 Å². The number of unbranched alkanes of at least 4 members (excludes halogenated alkanes) is 1. The van der Waals surface area contributed by atoms with Gasteiger partial charge in [0, 0.05) is 55.6 Å². The highest BCUT2D eigenvalue weighted by Crippen LogP contribution is 2.15. The van der Waals surface area contributed by atoms with Crippen molar-refractivity contribution in [2.45, 2.75) is 211 Å². The van der Waals surface area contributed by atoms with E-state index < -0.39 is 261 Å². The van der Waals surface area contributed by atoms with Crippen LogP contribution in [0.15, 0.2) is 59.1 Å². The summed E-state index contributed by atoms with van der Waals surface area (Å²) >= 11 is 3.29. The van der Waals surface area contributed by atoms with Crippen LogP contribution in [-0.4, -0.2) is 229 Å². The van der Waals surface area contributed by atoms with E-state index in [1.54, 1.807) is 61.5 Å². The van der Waals surface area contributed by atoms with Gasteiger partial charge in [-0.2, -0.15) is 0 Å². The lowest BCUT2D eigenvalue weighted by Gasteiger charge is -2.29. The van der Waals surface area contributed by atoms with Crippen molar-refractivity contribution >= 4 is 128 Å². The number of hydrogen-bond donors (Lipinski definition) is 20. The van der Waals surface area contributed by atoms with Crippen LogP contribution >= 0.6 is 15.9 Å². The Labute approximate surface area is 628 Å². The predicted octanol–water partition coefficient (Wildman–Crippen LogP) is -3.42. The number of benzene rings is 2. The summed E-state index contributed by atoms with van der Waals surface area (Å²) in [5.41, 5.74) is 6.13. The van der Waals surface area contributed by atoms with Crippen molar-refractivity contribution in [3.8, 4) is 0 Å². The van der Waals surface area contributed by atoms with Gasteiger partial charge in [-0.05, 0) is 100 Å². The second kappa shape index (κ2) is 47.4. The number of carboxylic acid groups (broad SMARTS) is 5. The Bertz CT molecular complexity index is 3510. The molecule has 0 aliphatic carbocycles. The summed E-state index contributed by atoms with van der Waals surface area (Å²) in [7, 11) is 0. The van der Waals surface area contributed by atoms with Gasteiger partial charge in [-0.25, -0.2) is 4.79 Å². The van der Waals surface area contributed by atoms with Crippen LogP contribution in [0.5, 0.6) is 0 Å². The molecule has 0 unspecified atom stereocenters. The molecule has 596 valence electrons.